The van der Waals surface area contributed by atoms with Gasteiger partial charge in [0.25, 0.3) is 5.91 Å². The van der Waals surface area contributed by atoms with E-state index in [1.165, 1.54) is 26.7 Å². The Hall–Kier alpha value is -3.83. The molecule has 0 N–H and O–H groups in total. The average molecular weight is 569 g/mol. The number of likely N-dealkylation sites (N-methyl/N-ethyl adjacent to an activating group) is 1. The number of hydrogen-bond donors (Lipinski definition) is 0. The first-order valence-corrected chi connectivity index (χ1v) is 15.0. The van der Waals surface area contributed by atoms with Crippen molar-refractivity contribution >= 4 is 17.8 Å². The minimum absolute atomic E-state index is 0.000273. The molecule has 0 unspecified atom stereocenters. The molecule has 3 aliphatic carbocycles. The second-order valence-electron chi connectivity index (χ2n) is 12.6. The van der Waals surface area contributed by atoms with Crippen molar-refractivity contribution in [1.82, 2.24) is 9.80 Å². The first-order chi connectivity index (χ1) is 20.2. The van der Waals surface area contributed by atoms with Crippen molar-refractivity contribution < 1.29 is 28.6 Å². The zero-order chi connectivity index (χ0) is 29.2. The van der Waals surface area contributed by atoms with Gasteiger partial charge in [0.05, 0.1) is 17.5 Å². The predicted molar refractivity (Wildman–Crippen MR) is 154 cm³/mol. The number of amides is 1. The lowest BCUT2D eigenvalue weighted by atomic mass is 9.48. The summed E-state index contributed by atoms with van der Waals surface area (Å²) in [6.45, 7) is 4.71. The molecule has 1 amide bonds. The predicted octanol–water partition coefficient (Wildman–Crippen LogP) is 3.63. The molecule has 1 saturated heterocycles. The van der Waals surface area contributed by atoms with Crippen LogP contribution in [-0.4, -0.2) is 71.6 Å². The number of likely N-dealkylation sites (tertiary alicyclic amines) is 1. The molecule has 42 heavy (non-hydrogen) atoms. The molecule has 0 aromatic heterocycles. The van der Waals surface area contributed by atoms with E-state index in [-0.39, 0.29) is 24.0 Å². The maximum atomic E-state index is 13.5. The van der Waals surface area contributed by atoms with Crippen molar-refractivity contribution in [3.05, 3.63) is 59.2 Å². The Kier molecular flexibility index (Phi) is 6.36. The standard InChI is InChI=1S/C34H36N2O6/c1-21(37)40-27-13-12-25-19-28-34(42-22(2)38)16-15-26(35(3)29(39)14-11-23-7-5-4-6-8-23)32-33(34,30(25)31(27)41-32)17-18-36(28)20-24-9-10-24/h4-8,12-13,24,26,28,32H,9-10,15-20H2,1-3H3/t26-,28-,32+,33+,34-/m1/s1. The van der Waals surface area contributed by atoms with Crippen LogP contribution >= 0.6 is 0 Å². The second kappa shape index (κ2) is 9.88. The van der Waals surface area contributed by atoms with Gasteiger partial charge in [0, 0.05) is 44.5 Å². The highest BCUT2D eigenvalue weighted by Gasteiger charge is 2.75. The number of rotatable bonds is 5. The highest BCUT2D eigenvalue weighted by molar-refractivity contribution is 5.94. The van der Waals surface area contributed by atoms with Gasteiger partial charge in [-0.3, -0.25) is 19.3 Å². The molecule has 8 nitrogen and oxygen atoms in total. The van der Waals surface area contributed by atoms with Gasteiger partial charge < -0.3 is 19.1 Å². The van der Waals surface area contributed by atoms with Crippen LogP contribution in [0.5, 0.6) is 11.5 Å². The molecule has 2 aromatic carbocycles. The van der Waals surface area contributed by atoms with Crippen molar-refractivity contribution in [1.29, 1.82) is 0 Å². The molecular formula is C34H36N2O6. The van der Waals surface area contributed by atoms with Crippen LogP contribution in [0, 0.1) is 17.8 Å². The molecule has 8 heteroatoms. The van der Waals surface area contributed by atoms with Gasteiger partial charge in [-0.1, -0.05) is 30.2 Å². The number of carbonyl (C=O) groups excluding carboxylic acids is 3. The molecule has 5 aliphatic rings. The lowest BCUT2D eigenvalue weighted by Gasteiger charge is -2.65. The minimum atomic E-state index is -0.820. The van der Waals surface area contributed by atoms with Gasteiger partial charge in [0.15, 0.2) is 11.5 Å². The van der Waals surface area contributed by atoms with E-state index in [9.17, 15) is 14.4 Å². The normalized spacial score (nSPS) is 30.2. The molecule has 0 radical (unpaired) electrons. The van der Waals surface area contributed by atoms with E-state index in [4.69, 9.17) is 14.2 Å². The van der Waals surface area contributed by atoms with Crippen molar-refractivity contribution in [3.63, 3.8) is 0 Å². The Morgan fingerprint density at radius 3 is 2.55 bits per heavy atom. The topological polar surface area (TPSA) is 85.4 Å². The lowest BCUT2D eigenvalue weighted by Crippen LogP contribution is -2.79. The van der Waals surface area contributed by atoms with Gasteiger partial charge >= 0.3 is 11.9 Å². The van der Waals surface area contributed by atoms with Gasteiger partial charge in [0.1, 0.15) is 11.7 Å². The molecule has 3 fully saturated rings. The van der Waals surface area contributed by atoms with E-state index in [0.717, 1.165) is 36.2 Å². The fourth-order valence-electron chi connectivity index (χ4n) is 8.40. The van der Waals surface area contributed by atoms with E-state index in [0.29, 0.717) is 36.7 Å². The fourth-order valence-corrected chi connectivity index (χ4v) is 8.40. The molecule has 2 saturated carbocycles. The quantitative estimate of drug-likeness (QED) is 0.310. The molecule has 2 aliphatic heterocycles. The number of nitrogens with zero attached hydrogens (tertiary/aromatic N) is 2. The van der Waals surface area contributed by atoms with Crippen LogP contribution in [0.2, 0.25) is 0 Å². The van der Waals surface area contributed by atoms with Crippen molar-refractivity contribution in [2.75, 3.05) is 20.1 Å². The maximum absolute atomic E-state index is 13.5. The van der Waals surface area contributed by atoms with Crippen molar-refractivity contribution in [2.45, 2.75) is 81.6 Å². The molecule has 7 rings (SSSR count). The first-order valence-electron chi connectivity index (χ1n) is 15.0. The summed E-state index contributed by atoms with van der Waals surface area (Å²) in [5.41, 5.74) is 1.38. The Labute approximate surface area is 246 Å². The monoisotopic (exact) mass is 568 g/mol. The summed E-state index contributed by atoms with van der Waals surface area (Å²) in [4.78, 5) is 42.7. The summed E-state index contributed by atoms with van der Waals surface area (Å²) in [6, 6.07) is 13.0. The summed E-state index contributed by atoms with van der Waals surface area (Å²) < 4.78 is 19.1. The Balaban J connectivity index is 1.34. The van der Waals surface area contributed by atoms with Gasteiger partial charge in [-0.2, -0.15) is 0 Å². The SMILES string of the molecule is CC(=O)Oc1ccc2c3c1O[C@H]1[C@H](N(C)C(=O)C#Cc4ccccc4)CC[C@@]4(OC(C)=O)[C@@H](C2)N(CC2CC2)CC[C@]314. The zero-order valence-electron chi connectivity index (χ0n) is 24.4. The average Bonchev–Trinajstić information content (AvgIpc) is 3.71. The van der Waals surface area contributed by atoms with E-state index < -0.39 is 23.1 Å². The van der Waals surface area contributed by atoms with Crippen LogP contribution in [0.4, 0.5) is 0 Å². The van der Waals surface area contributed by atoms with Crippen LogP contribution in [0.25, 0.3) is 0 Å². The van der Waals surface area contributed by atoms with Crippen LogP contribution in [-0.2, 0) is 31.0 Å². The fraction of sp³-hybridized carbons (Fsp3) is 0.500. The summed E-state index contributed by atoms with van der Waals surface area (Å²) >= 11 is 0. The number of benzene rings is 2. The third kappa shape index (κ3) is 4.04. The van der Waals surface area contributed by atoms with Gasteiger partial charge in [0.2, 0.25) is 0 Å². The molecule has 2 aromatic rings. The lowest BCUT2D eigenvalue weighted by molar-refractivity contribution is -0.223. The molecule has 218 valence electrons. The number of carbonyl (C=O) groups is 3. The van der Waals surface area contributed by atoms with Crippen LogP contribution < -0.4 is 9.47 Å². The molecule has 5 atom stereocenters. The molecular weight excluding hydrogens is 532 g/mol. The third-order valence-electron chi connectivity index (χ3n) is 10.2. The summed E-state index contributed by atoms with van der Waals surface area (Å²) in [5.74, 6) is 6.39. The Bertz CT molecular complexity index is 1520. The van der Waals surface area contributed by atoms with E-state index in [1.54, 1.807) is 11.9 Å². The number of esters is 2. The van der Waals surface area contributed by atoms with Crippen molar-refractivity contribution in [3.8, 4) is 23.3 Å². The number of hydrogen-bond acceptors (Lipinski definition) is 7. The molecule has 2 bridgehead atoms. The maximum Gasteiger partial charge on any atom is 0.308 e. The molecule has 2 heterocycles. The smallest absolute Gasteiger partial charge is 0.308 e. The van der Waals surface area contributed by atoms with Crippen molar-refractivity contribution in [2.24, 2.45) is 5.92 Å². The highest BCUT2D eigenvalue weighted by Crippen LogP contribution is 2.67. The van der Waals surface area contributed by atoms with Crippen LogP contribution in [0.15, 0.2) is 42.5 Å². The minimum Gasteiger partial charge on any atom is -0.483 e. The van der Waals surface area contributed by atoms with E-state index in [2.05, 4.69) is 16.7 Å². The summed E-state index contributed by atoms with van der Waals surface area (Å²) in [6.07, 6.45) is 4.62. The number of ether oxygens (including phenoxy) is 3. The highest BCUT2D eigenvalue weighted by atomic mass is 16.6. The molecule has 1 spiro atoms. The summed E-state index contributed by atoms with van der Waals surface area (Å²) in [5, 5.41) is 0. The van der Waals surface area contributed by atoms with Gasteiger partial charge in [-0.05, 0) is 74.8 Å². The second-order valence-corrected chi connectivity index (χ2v) is 12.6. The first kappa shape index (κ1) is 27.0. The zero-order valence-corrected chi connectivity index (χ0v) is 24.4. The third-order valence-corrected chi connectivity index (χ3v) is 10.2. The van der Waals surface area contributed by atoms with Gasteiger partial charge in [-0.25, -0.2) is 0 Å². The van der Waals surface area contributed by atoms with E-state index in [1.807, 2.05) is 42.5 Å². The van der Waals surface area contributed by atoms with Gasteiger partial charge in [-0.15, -0.1) is 0 Å². The van der Waals surface area contributed by atoms with Crippen LogP contribution in [0.1, 0.15) is 62.6 Å². The largest absolute Gasteiger partial charge is 0.483 e. The summed E-state index contributed by atoms with van der Waals surface area (Å²) in [7, 11) is 1.78. The van der Waals surface area contributed by atoms with Crippen LogP contribution in [0.3, 0.4) is 0 Å². The van der Waals surface area contributed by atoms with E-state index >= 15 is 0 Å². The number of piperidine rings is 1. The Morgan fingerprint density at radius 1 is 1.05 bits per heavy atom. The Morgan fingerprint density at radius 2 is 1.83 bits per heavy atom.